The first-order valence-corrected chi connectivity index (χ1v) is 11.0. The molecule has 0 spiro atoms. The second-order valence-electron chi connectivity index (χ2n) is 7.54. The first-order chi connectivity index (χ1) is 16.1. The summed E-state index contributed by atoms with van der Waals surface area (Å²) in [5, 5.41) is 7.30. The molecule has 168 valence electrons. The lowest BCUT2D eigenvalue weighted by Crippen LogP contribution is -2.08. The molecule has 4 rings (SSSR count). The van der Waals surface area contributed by atoms with Crippen molar-refractivity contribution in [2.45, 2.75) is 19.8 Å². The summed E-state index contributed by atoms with van der Waals surface area (Å²) in [5.74, 6) is 0.880. The molecule has 0 fully saturated rings. The van der Waals surface area contributed by atoms with Gasteiger partial charge in [-0.05, 0) is 41.0 Å². The highest BCUT2D eigenvalue weighted by molar-refractivity contribution is 6.30. The van der Waals surface area contributed by atoms with Crippen LogP contribution in [0.1, 0.15) is 16.8 Å². The smallest absolute Gasteiger partial charge is 0.222 e. The molecule has 33 heavy (non-hydrogen) atoms. The molecule has 6 nitrogen and oxygen atoms in total. The molecule has 0 unspecified atom stereocenters. The Morgan fingerprint density at radius 3 is 2.27 bits per heavy atom. The van der Waals surface area contributed by atoms with Crippen molar-refractivity contribution in [2.75, 3.05) is 23.4 Å². The Morgan fingerprint density at radius 2 is 1.58 bits per heavy atom. The van der Waals surface area contributed by atoms with E-state index in [1.807, 2.05) is 85.9 Å². The Labute approximate surface area is 198 Å². The van der Waals surface area contributed by atoms with E-state index in [9.17, 15) is 0 Å². The van der Waals surface area contributed by atoms with Crippen molar-refractivity contribution in [1.29, 1.82) is 0 Å². The SMILES string of the molecule is CNc1nc(N)nc(COCc2ccccc2)c1-c1ccc(NCc2ccc(Cl)cc2)cc1. The highest BCUT2D eigenvalue weighted by atomic mass is 35.5. The molecule has 4 aromatic rings. The van der Waals surface area contributed by atoms with Gasteiger partial charge in [-0.3, -0.25) is 0 Å². The van der Waals surface area contributed by atoms with Crippen molar-refractivity contribution in [3.63, 3.8) is 0 Å². The summed E-state index contributed by atoms with van der Waals surface area (Å²) in [4.78, 5) is 8.84. The van der Waals surface area contributed by atoms with E-state index in [-0.39, 0.29) is 5.95 Å². The van der Waals surface area contributed by atoms with Gasteiger partial charge in [0, 0.05) is 29.9 Å². The molecule has 0 saturated carbocycles. The zero-order chi connectivity index (χ0) is 23.0. The molecular weight excluding hydrogens is 434 g/mol. The molecule has 0 amide bonds. The number of rotatable bonds is 9. The van der Waals surface area contributed by atoms with E-state index in [1.165, 1.54) is 0 Å². The fourth-order valence-electron chi connectivity index (χ4n) is 3.52. The minimum absolute atomic E-state index is 0.211. The number of nitrogen functional groups attached to an aromatic ring is 1. The van der Waals surface area contributed by atoms with Gasteiger partial charge >= 0.3 is 0 Å². The average molecular weight is 460 g/mol. The van der Waals surface area contributed by atoms with Crippen molar-refractivity contribution < 1.29 is 4.74 Å². The van der Waals surface area contributed by atoms with Crippen molar-refractivity contribution in [3.05, 3.63) is 101 Å². The lowest BCUT2D eigenvalue weighted by molar-refractivity contribution is 0.105. The molecule has 0 aliphatic rings. The number of anilines is 3. The number of benzene rings is 3. The van der Waals surface area contributed by atoms with E-state index in [0.29, 0.717) is 25.6 Å². The van der Waals surface area contributed by atoms with Crippen LogP contribution in [0.25, 0.3) is 11.1 Å². The van der Waals surface area contributed by atoms with Gasteiger partial charge in [0.05, 0.1) is 18.9 Å². The van der Waals surface area contributed by atoms with Crippen LogP contribution in [0.5, 0.6) is 0 Å². The maximum Gasteiger partial charge on any atom is 0.222 e. The Kier molecular flexibility index (Phi) is 7.40. The van der Waals surface area contributed by atoms with Gasteiger partial charge in [-0.25, -0.2) is 4.98 Å². The zero-order valence-electron chi connectivity index (χ0n) is 18.4. The molecule has 0 aliphatic heterocycles. The third-order valence-electron chi connectivity index (χ3n) is 5.17. The predicted octanol–water partition coefficient (Wildman–Crippen LogP) is 5.75. The minimum Gasteiger partial charge on any atom is -0.381 e. The number of ether oxygens (including phenoxy) is 1. The van der Waals surface area contributed by atoms with E-state index in [4.69, 9.17) is 22.1 Å². The summed E-state index contributed by atoms with van der Waals surface area (Å²) in [7, 11) is 1.82. The fourth-order valence-corrected chi connectivity index (χ4v) is 3.64. The van der Waals surface area contributed by atoms with Gasteiger partial charge in [-0.1, -0.05) is 66.2 Å². The van der Waals surface area contributed by atoms with Crippen molar-refractivity contribution in [1.82, 2.24) is 9.97 Å². The third-order valence-corrected chi connectivity index (χ3v) is 5.42. The van der Waals surface area contributed by atoms with E-state index >= 15 is 0 Å². The molecule has 1 heterocycles. The Bertz CT molecular complexity index is 1180. The first-order valence-electron chi connectivity index (χ1n) is 10.7. The van der Waals surface area contributed by atoms with Crippen LogP contribution in [-0.4, -0.2) is 17.0 Å². The maximum atomic E-state index is 5.96. The molecule has 4 N–H and O–H groups in total. The predicted molar refractivity (Wildman–Crippen MR) is 135 cm³/mol. The average Bonchev–Trinajstić information content (AvgIpc) is 2.84. The summed E-state index contributed by atoms with van der Waals surface area (Å²) >= 11 is 5.96. The summed E-state index contributed by atoms with van der Waals surface area (Å²) in [6.07, 6.45) is 0. The van der Waals surface area contributed by atoms with Gasteiger partial charge in [-0.2, -0.15) is 4.98 Å². The normalized spacial score (nSPS) is 10.7. The van der Waals surface area contributed by atoms with Gasteiger partial charge in [0.2, 0.25) is 5.95 Å². The maximum absolute atomic E-state index is 5.96. The number of aromatic nitrogens is 2. The van der Waals surface area contributed by atoms with Gasteiger partial charge in [0.25, 0.3) is 0 Å². The van der Waals surface area contributed by atoms with Crippen LogP contribution < -0.4 is 16.4 Å². The van der Waals surface area contributed by atoms with Crippen LogP contribution in [-0.2, 0) is 24.5 Å². The summed E-state index contributed by atoms with van der Waals surface area (Å²) in [6, 6.07) is 26.0. The van der Waals surface area contributed by atoms with Crippen molar-refractivity contribution >= 4 is 29.1 Å². The van der Waals surface area contributed by atoms with Gasteiger partial charge in [0.15, 0.2) is 0 Å². The summed E-state index contributed by atoms with van der Waals surface area (Å²) in [6.45, 7) is 1.52. The minimum atomic E-state index is 0.211. The lowest BCUT2D eigenvalue weighted by Gasteiger charge is -2.15. The summed E-state index contributed by atoms with van der Waals surface area (Å²) in [5.41, 5.74) is 11.8. The Hall–Kier alpha value is -3.61. The Balaban J connectivity index is 1.50. The third kappa shape index (κ3) is 6.00. The molecule has 0 bridgehead atoms. The van der Waals surface area contributed by atoms with Gasteiger partial charge in [0.1, 0.15) is 5.82 Å². The number of nitrogens with two attached hydrogens (primary N) is 1. The second-order valence-corrected chi connectivity index (χ2v) is 7.97. The van der Waals surface area contributed by atoms with E-state index in [1.54, 1.807) is 0 Å². The monoisotopic (exact) mass is 459 g/mol. The highest BCUT2D eigenvalue weighted by Gasteiger charge is 2.15. The highest BCUT2D eigenvalue weighted by Crippen LogP contribution is 2.31. The standard InChI is InChI=1S/C26H26ClN5O/c1-29-25-24(23(31-26(28)32-25)17-33-16-19-5-3-2-4-6-19)20-9-13-22(14-10-20)30-15-18-7-11-21(27)12-8-18/h2-14,30H,15-17H2,1H3,(H3,28,29,31,32). The lowest BCUT2D eigenvalue weighted by atomic mass is 10.0. The Morgan fingerprint density at radius 1 is 0.848 bits per heavy atom. The van der Waals surface area contributed by atoms with Crippen LogP contribution in [0.15, 0.2) is 78.9 Å². The molecule has 1 aromatic heterocycles. The summed E-state index contributed by atoms with van der Waals surface area (Å²) < 4.78 is 5.95. The molecule has 0 atom stereocenters. The van der Waals surface area contributed by atoms with E-state index < -0.39 is 0 Å². The first kappa shape index (κ1) is 22.6. The van der Waals surface area contributed by atoms with Crippen LogP contribution in [0, 0.1) is 0 Å². The number of nitrogens with zero attached hydrogens (tertiary/aromatic N) is 2. The van der Waals surface area contributed by atoms with Crippen LogP contribution in [0.3, 0.4) is 0 Å². The van der Waals surface area contributed by atoms with Crippen LogP contribution in [0.2, 0.25) is 5.02 Å². The quantitative estimate of drug-likeness (QED) is 0.295. The van der Waals surface area contributed by atoms with Crippen LogP contribution >= 0.6 is 11.6 Å². The number of halogens is 1. The fraction of sp³-hybridized carbons (Fsp3) is 0.154. The molecule has 7 heteroatoms. The molecule has 3 aromatic carbocycles. The van der Waals surface area contributed by atoms with Crippen molar-refractivity contribution in [2.24, 2.45) is 0 Å². The largest absolute Gasteiger partial charge is 0.381 e. The molecule has 0 radical (unpaired) electrons. The zero-order valence-corrected chi connectivity index (χ0v) is 19.1. The van der Waals surface area contributed by atoms with Crippen molar-refractivity contribution in [3.8, 4) is 11.1 Å². The number of hydrogen-bond acceptors (Lipinski definition) is 6. The van der Waals surface area contributed by atoms with E-state index in [2.05, 4.69) is 20.6 Å². The number of hydrogen-bond donors (Lipinski definition) is 3. The molecule has 0 saturated heterocycles. The van der Waals surface area contributed by atoms with Crippen LogP contribution in [0.4, 0.5) is 17.5 Å². The van der Waals surface area contributed by atoms with Gasteiger partial charge in [-0.15, -0.1) is 0 Å². The molecule has 0 aliphatic carbocycles. The second kappa shape index (κ2) is 10.8. The van der Waals surface area contributed by atoms with E-state index in [0.717, 1.165) is 38.7 Å². The number of nitrogens with one attached hydrogen (secondary N) is 2. The topological polar surface area (TPSA) is 85.1 Å². The van der Waals surface area contributed by atoms with Gasteiger partial charge < -0.3 is 21.1 Å². The molecular formula is C26H26ClN5O.